The Morgan fingerprint density at radius 3 is 2.76 bits per heavy atom. The third kappa shape index (κ3) is 3.83. The zero-order valence-electron chi connectivity index (χ0n) is 14.5. The summed E-state index contributed by atoms with van der Waals surface area (Å²) in [6.45, 7) is 1.76. The van der Waals surface area contributed by atoms with Crippen LogP contribution in [0.4, 0.5) is 0 Å². The first-order valence-electron chi connectivity index (χ1n) is 8.21. The van der Waals surface area contributed by atoms with Crippen molar-refractivity contribution in [3.63, 3.8) is 0 Å². The van der Waals surface area contributed by atoms with Crippen molar-refractivity contribution < 1.29 is 14.3 Å². The van der Waals surface area contributed by atoms with Crippen LogP contribution in [0.25, 0.3) is 10.9 Å². The fourth-order valence-corrected chi connectivity index (χ4v) is 2.86. The minimum absolute atomic E-state index is 0.0878. The summed E-state index contributed by atoms with van der Waals surface area (Å²) < 4.78 is 12.4. The van der Waals surface area contributed by atoms with E-state index in [0.717, 1.165) is 22.2 Å². The Bertz CT molecular complexity index is 870. The van der Waals surface area contributed by atoms with Gasteiger partial charge in [0.15, 0.2) is 0 Å². The topological polar surface area (TPSA) is 52.5 Å². The van der Waals surface area contributed by atoms with Crippen LogP contribution in [0.3, 0.4) is 0 Å². The Morgan fingerprint density at radius 1 is 1.12 bits per heavy atom. The first kappa shape index (κ1) is 17.0. The number of ether oxygens (including phenoxy) is 2. The first-order valence-corrected chi connectivity index (χ1v) is 8.21. The molecule has 0 fully saturated rings. The van der Waals surface area contributed by atoms with Gasteiger partial charge in [-0.1, -0.05) is 30.3 Å². The molecule has 1 heterocycles. The van der Waals surface area contributed by atoms with Gasteiger partial charge in [-0.3, -0.25) is 4.79 Å². The number of aromatic nitrogens is 1. The SMILES string of the molecule is COCCn1cc(C(=O)NCc2cccc(OC)c2)c2ccccc21. The number of nitrogens with zero attached hydrogens (tertiary/aromatic N) is 1. The standard InChI is InChI=1S/C20H22N2O3/c1-24-11-10-22-14-18(17-8-3-4-9-19(17)22)20(23)21-13-15-6-5-7-16(12-15)25-2/h3-9,12,14H,10-11,13H2,1-2H3,(H,21,23). The Balaban J connectivity index is 1.79. The van der Waals surface area contributed by atoms with Gasteiger partial charge < -0.3 is 19.4 Å². The molecule has 1 aromatic heterocycles. The van der Waals surface area contributed by atoms with Crippen LogP contribution in [0.15, 0.2) is 54.7 Å². The van der Waals surface area contributed by atoms with Gasteiger partial charge in [-0.2, -0.15) is 0 Å². The zero-order chi connectivity index (χ0) is 17.6. The highest BCUT2D eigenvalue weighted by molar-refractivity contribution is 6.06. The number of nitrogens with one attached hydrogen (secondary N) is 1. The first-order chi connectivity index (χ1) is 12.2. The van der Waals surface area contributed by atoms with Gasteiger partial charge in [0.05, 0.1) is 19.3 Å². The van der Waals surface area contributed by atoms with Gasteiger partial charge in [-0.25, -0.2) is 0 Å². The molecular weight excluding hydrogens is 316 g/mol. The van der Waals surface area contributed by atoms with E-state index >= 15 is 0 Å². The highest BCUT2D eigenvalue weighted by Gasteiger charge is 2.14. The lowest BCUT2D eigenvalue weighted by molar-refractivity contribution is 0.0952. The summed E-state index contributed by atoms with van der Waals surface area (Å²) in [5.41, 5.74) is 2.71. The number of carbonyl (C=O) groups excluding carboxylic acids is 1. The number of fused-ring (bicyclic) bond motifs is 1. The smallest absolute Gasteiger partial charge is 0.253 e. The molecule has 5 nitrogen and oxygen atoms in total. The molecule has 5 heteroatoms. The lowest BCUT2D eigenvalue weighted by atomic mass is 10.1. The molecule has 0 radical (unpaired) electrons. The number of benzene rings is 2. The molecule has 0 atom stereocenters. The number of hydrogen-bond donors (Lipinski definition) is 1. The fraction of sp³-hybridized carbons (Fsp3) is 0.250. The zero-order valence-corrected chi connectivity index (χ0v) is 14.5. The highest BCUT2D eigenvalue weighted by Crippen LogP contribution is 2.21. The van der Waals surface area contributed by atoms with E-state index in [0.29, 0.717) is 25.3 Å². The van der Waals surface area contributed by atoms with Gasteiger partial charge in [0.2, 0.25) is 0 Å². The van der Waals surface area contributed by atoms with Crippen LogP contribution in [-0.4, -0.2) is 31.3 Å². The van der Waals surface area contributed by atoms with E-state index < -0.39 is 0 Å². The summed E-state index contributed by atoms with van der Waals surface area (Å²) in [5, 5.41) is 3.94. The van der Waals surface area contributed by atoms with Crippen molar-refractivity contribution in [1.29, 1.82) is 0 Å². The maximum atomic E-state index is 12.7. The maximum absolute atomic E-state index is 12.7. The molecule has 0 spiro atoms. The van der Waals surface area contributed by atoms with Gasteiger partial charge in [0.1, 0.15) is 5.75 Å². The Morgan fingerprint density at radius 2 is 1.96 bits per heavy atom. The van der Waals surface area contributed by atoms with Crippen LogP contribution in [-0.2, 0) is 17.8 Å². The molecule has 0 aliphatic rings. The van der Waals surface area contributed by atoms with Crippen LogP contribution in [0.2, 0.25) is 0 Å². The third-order valence-corrected chi connectivity index (χ3v) is 4.16. The Labute approximate surface area is 147 Å². The molecule has 0 bridgehead atoms. The molecule has 1 amide bonds. The van der Waals surface area contributed by atoms with Gasteiger partial charge in [0, 0.05) is 37.3 Å². The van der Waals surface area contributed by atoms with Crippen LogP contribution < -0.4 is 10.1 Å². The molecule has 3 rings (SSSR count). The normalized spacial score (nSPS) is 10.8. The summed E-state index contributed by atoms with van der Waals surface area (Å²) in [6.07, 6.45) is 1.89. The molecule has 1 N–H and O–H groups in total. The monoisotopic (exact) mass is 338 g/mol. The summed E-state index contributed by atoms with van der Waals surface area (Å²) in [6, 6.07) is 15.6. The lowest BCUT2D eigenvalue weighted by Gasteiger charge is -2.06. The molecule has 25 heavy (non-hydrogen) atoms. The molecule has 0 aliphatic carbocycles. The number of rotatable bonds is 7. The second-order valence-corrected chi connectivity index (χ2v) is 5.78. The highest BCUT2D eigenvalue weighted by atomic mass is 16.5. The van der Waals surface area contributed by atoms with E-state index in [2.05, 4.69) is 9.88 Å². The average Bonchev–Trinajstić information content (AvgIpc) is 3.03. The predicted octanol–water partition coefficient (Wildman–Crippen LogP) is 3.23. The predicted molar refractivity (Wildman–Crippen MR) is 98.0 cm³/mol. The van der Waals surface area contributed by atoms with Crippen LogP contribution >= 0.6 is 0 Å². The quantitative estimate of drug-likeness (QED) is 0.720. The minimum Gasteiger partial charge on any atom is -0.497 e. The summed E-state index contributed by atoms with van der Waals surface area (Å²) >= 11 is 0. The van der Waals surface area contributed by atoms with Crippen molar-refractivity contribution in [2.45, 2.75) is 13.1 Å². The molecule has 3 aromatic rings. The van der Waals surface area contributed by atoms with Gasteiger partial charge in [0.25, 0.3) is 5.91 Å². The number of amides is 1. The summed E-state index contributed by atoms with van der Waals surface area (Å²) in [5.74, 6) is 0.693. The Hall–Kier alpha value is -2.79. The van der Waals surface area contributed by atoms with Crippen LogP contribution in [0.1, 0.15) is 15.9 Å². The van der Waals surface area contributed by atoms with E-state index in [1.165, 1.54) is 0 Å². The van der Waals surface area contributed by atoms with E-state index in [1.807, 2.05) is 54.7 Å². The van der Waals surface area contributed by atoms with Crippen molar-refractivity contribution in [3.8, 4) is 5.75 Å². The Kier molecular flexibility index (Phi) is 5.36. The summed E-state index contributed by atoms with van der Waals surface area (Å²) in [4.78, 5) is 12.7. The van der Waals surface area contributed by atoms with Crippen molar-refractivity contribution in [1.82, 2.24) is 9.88 Å². The van der Waals surface area contributed by atoms with E-state index in [-0.39, 0.29) is 5.91 Å². The molecule has 0 saturated carbocycles. The van der Waals surface area contributed by atoms with Gasteiger partial charge >= 0.3 is 0 Å². The maximum Gasteiger partial charge on any atom is 0.253 e. The van der Waals surface area contributed by atoms with Gasteiger partial charge in [-0.15, -0.1) is 0 Å². The van der Waals surface area contributed by atoms with Crippen molar-refractivity contribution in [3.05, 3.63) is 65.9 Å². The largest absolute Gasteiger partial charge is 0.497 e. The van der Waals surface area contributed by atoms with Gasteiger partial charge in [-0.05, 0) is 23.8 Å². The van der Waals surface area contributed by atoms with E-state index in [4.69, 9.17) is 9.47 Å². The fourth-order valence-electron chi connectivity index (χ4n) is 2.86. The minimum atomic E-state index is -0.0878. The number of para-hydroxylation sites is 1. The third-order valence-electron chi connectivity index (χ3n) is 4.16. The van der Waals surface area contributed by atoms with E-state index in [1.54, 1.807) is 14.2 Å². The van der Waals surface area contributed by atoms with Crippen molar-refractivity contribution in [2.24, 2.45) is 0 Å². The van der Waals surface area contributed by atoms with E-state index in [9.17, 15) is 4.79 Å². The number of hydrogen-bond acceptors (Lipinski definition) is 3. The molecule has 0 aliphatic heterocycles. The second kappa shape index (κ2) is 7.85. The number of methoxy groups -OCH3 is 2. The van der Waals surface area contributed by atoms with Crippen LogP contribution in [0.5, 0.6) is 5.75 Å². The molecule has 2 aromatic carbocycles. The molecule has 0 saturated heterocycles. The number of carbonyl (C=O) groups is 1. The van der Waals surface area contributed by atoms with Crippen molar-refractivity contribution in [2.75, 3.05) is 20.8 Å². The van der Waals surface area contributed by atoms with Crippen molar-refractivity contribution >= 4 is 16.8 Å². The second-order valence-electron chi connectivity index (χ2n) is 5.78. The van der Waals surface area contributed by atoms with Crippen LogP contribution in [0, 0.1) is 0 Å². The molecular formula is C20H22N2O3. The average molecular weight is 338 g/mol. The molecule has 0 unspecified atom stereocenters. The summed E-state index contributed by atoms with van der Waals surface area (Å²) in [7, 11) is 3.31. The lowest BCUT2D eigenvalue weighted by Crippen LogP contribution is -2.22. The molecule has 130 valence electrons.